The van der Waals surface area contributed by atoms with Gasteiger partial charge in [0.05, 0.1) is 5.69 Å². The van der Waals surface area contributed by atoms with Crippen LogP contribution in [0.1, 0.15) is 30.1 Å². The summed E-state index contributed by atoms with van der Waals surface area (Å²) in [7, 11) is 0. The highest BCUT2D eigenvalue weighted by Crippen LogP contribution is 2.30. The summed E-state index contributed by atoms with van der Waals surface area (Å²) in [5, 5.41) is 3.45. The maximum atomic E-state index is 4.97. The molecule has 32 heavy (non-hydrogen) atoms. The molecule has 5 rings (SSSR count). The van der Waals surface area contributed by atoms with Crippen molar-refractivity contribution >= 4 is 11.5 Å². The van der Waals surface area contributed by atoms with E-state index in [1.54, 1.807) is 12.4 Å². The molecule has 6 nitrogen and oxygen atoms in total. The fourth-order valence-electron chi connectivity index (χ4n) is 4.15. The van der Waals surface area contributed by atoms with E-state index in [2.05, 4.69) is 26.3 Å². The van der Waals surface area contributed by atoms with Crippen molar-refractivity contribution in [2.75, 3.05) is 18.4 Å². The summed E-state index contributed by atoms with van der Waals surface area (Å²) >= 11 is 0. The zero-order chi connectivity index (χ0) is 21.6. The Morgan fingerprint density at radius 2 is 1.66 bits per heavy atom. The topological polar surface area (TPSA) is 66.8 Å². The zero-order valence-electron chi connectivity index (χ0n) is 17.9. The lowest BCUT2D eigenvalue weighted by molar-refractivity contribution is 0.201. The van der Waals surface area contributed by atoms with Gasteiger partial charge in [0.25, 0.3) is 0 Å². The summed E-state index contributed by atoms with van der Waals surface area (Å²) in [5.41, 5.74) is 4.25. The fraction of sp³-hybridized carbons (Fsp3) is 0.231. The van der Waals surface area contributed by atoms with Gasteiger partial charge >= 0.3 is 0 Å². The van der Waals surface area contributed by atoms with Crippen molar-refractivity contribution in [3.63, 3.8) is 0 Å². The van der Waals surface area contributed by atoms with Crippen LogP contribution in [0.4, 0.5) is 11.5 Å². The third-order valence-electron chi connectivity index (χ3n) is 5.85. The van der Waals surface area contributed by atoms with Crippen LogP contribution in [-0.4, -0.2) is 37.9 Å². The van der Waals surface area contributed by atoms with E-state index in [1.807, 2.05) is 67.0 Å². The number of benzene rings is 1. The van der Waals surface area contributed by atoms with Crippen LogP contribution in [0.2, 0.25) is 0 Å². The Kier molecular flexibility index (Phi) is 6.12. The molecule has 160 valence electrons. The summed E-state index contributed by atoms with van der Waals surface area (Å²) in [5.74, 6) is 2.09. The number of nitrogens with zero attached hydrogens (tertiary/aromatic N) is 5. The van der Waals surface area contributed by atoms with E-state index in [-0.39, 0.29) is 0 Å². The molecule has 4 aromatic rings. The van der Waals surface area contributed by atoms with Gasteiger partial charge in [0.1, 0.15) is 11.6 Å². The SMILES string of the molecule is c1ccc(Nc2cc(-c3ccncc3)nc(C3CCN(Cc4cccnc4)CC3)n2)cc1. The number of nitrogens with one attached hydrogen (secondary N) is 1. The van der Waals surface area contributed by atoms with E-state index >= 15 is 0 Å². The first-order valence-electron chi connectivity index (χ1n) is 11.1. The quantitative estimate of drug-likeness (QED) is 0.469. The number of hydrogen-bond acceptors (Lipinski definition) is 6. The lowest BCUT2D eigenvalue weighted by Gasteiger charge is -2.31. The van der Waals surface area contributed by atoms with Crippen LogP contribution in [-0.2, 0) is 6.54 Å². The van der Waals surface area contributed by atoms with Crippen molar-refractivity contribution in [3.05, 3.63) is 96.8 Å². The van der Waals surface area contributed by atoms with Crippen LogP contribution in [0.3, 0.4) is 0 Å². The molecule has 1 saturated heterocycles. The summed E-state index contributed by atoms with van der Waals surface area (Å²) in [6, 6.07) is 20.3. The normalized spacial score (nSPS) is 14.9. The van der Waals surface area contributed by atoms with Gasteiger partial charge in [-0.1, -0.05) is 24.3 Å². The number of likely N-dealkylation sites (tertiary alicyclic amines) is 1. The molecular formula is C26H26N6. The molecule has 1 fully saturated rings. The smallest absolute Gasteiger partial charge is 0.134 e. The van der Waals surface area contributed by atoms with Crippen LogP contribution < -0.4 is 5.32 Å². The molecule has 1 aromatic carbocycles. The number of para-hydroxylation sites is 1. The van der Waals surface area contributed by atoms with Crippen LogP contribution in [0.5, 0.6) is 0 Å². The Morgan fingerprint density at radius 1 is 0.844 bits per heavy atom. The third kappa shape index (κ3) is 4.98. The first-order chi connectivity index (χ1) is 15.8. The van der Waals surface area contributed by atoms with E-state index in [4.69, 9.17) is 9.97 Å². The predicted molar refractivity (Wildman–Crippen MR) is 126 cm³/mol. The minimum absolute atomic E-state index is 0.346. The molecule has 0 radical (unpaired) electrons. The molecule has 0 unspecified atom stereocenters. The van der Waals surface area contributed by atoms with Crippen LogP contribution in [0.15, 0.2) is 85.5 Å². The molecule has 1 N–H and O–H groups in total. The Morgan fingerprint density at radius 3 is 2.41 bits per heavy atom. The van der Waals surface area contributed by atoms with E-state index < -0.39 is 0 Å². The van der Waals surface area contributed by atoms with Crippen molar-refractivity contribution in [1.29, 1.82) is 0 Å². The Hall–Kier alpha value is -3.64. The lowest BCUT2D eigenvalue weighted by atomic mass is 9.95. The molecule has 1 aliphatic heterocycles. The number of hydrogen-bond donors (Lipinski definition) is 1. The van der Waals surface area contributed by atoms with Crippen LogP contribution in [0.25, 0.3) is 11.3 Å². The molecule has 4 heterocycles. The fourth-order valence-corrected chi connectivity index (χ4v) is 4.15. The number of rotatable bonds is 6. The monoisotopic (exact) mass is 422 g/mol. The molecule has 6 heteroatoms. The largest absolute Gasteiger partial charge is 0.340 e. The first-order valence-corrected chi connectivity index (χ1v) is 11.1. The van der Waals surface area contributed by atoms with Gasteiger partial charge < -0.3 is 5.32 Å². The van der Waals surface area contributed by atoms with Gasteiger partial charge in [-0.05, 0) is 61.8 Å². The summed E-state index contributed by atoms with van der Waals surface area (Å²) < 4.78 is 0. The second-order valence-electron chi connectivity index (χ2n) is 8.14. The van der Waals surface area contributed by atoms with E-state index in [0.29, 0.717) is 5.92 Å². The molecule has 0 bridgehead atoms. The minimum atomic E-state index is 0.346. The molecule has 1 aliphatic rings. The van der Waals surface area contributed by atoms with E-state index in [9.17, 15) is 0 Å². The number of anilines is 2. The summed E-state index contributed by atoms with van der Waals surface area (Å²) in [4.78, 5) is 20.8. The van der Waals surface area contributed by atoms with Gasteiger partial charge in [0.15, 0.2) is 0 Å². The lowest BCUT2D eigenvalue weighted by Crippen LogP contribution is -2.33. The van der Waals surface area contributed by atoms with Gasteiger partial charge in [-0.15, -0.1) is 0 Å². The van der Waals surface area contributed by atoms with E-state index in [1.165, 1.54) is 5.56 Å². The van der Waals surface area contributed by atoms with Gasteiger partial charge in [-0.25, -0.2) is 9.97 Å². The van der Waals surface area contributed by atoms with Crippen molar-refractivity contribution < 1.29 is 0 Å². The highest BCUT2D eigenvalue weighted by Gasteiger charge is 2.24. The summed E-state index contributed by atoms with van der Waals surface area (Å²) in [6.07, 6.45) is 9.48. The average molecular weight is 423 g/mol. The van der Waals surface area contributed by atoms with E-state index in [0.717, 1.165) is 61.1 Å². The van der Waals surface area contributed by atoms with Crippen molar-refractivity contribution in [3.8, 4) is 11.3 Å². The predicted octanol–water partition coefficient (Wildman–Crippen LogP) is 5.06. The molecule has 0 saturated carbocycles. The molecule has 0 aliphatic carbocycles. The molecule has 3 aromatic heterocycles. The molecular weight excluding hydrogens is 396 g/mol. The highest BCUT2D eigenvalue weighted by atomic mass is 15.1. The number of aromatic nitrogens is 4. The summed E-state index contributed by atoms with van der Waals surface area (Å²) in [6.45, 7) is 3.01. The first kappa shape index (κ1) is 20.3. The van der Waals surface area contributed by atoms with Crippen LogP contribution in [0, 0.1) is 0 Å². The number of pyridine rings is 2. The minimum Gasteiger partial charge on any atom is -0.340 e. The van der Waals surface area contributed by atoms with Crippen LogP contribution >= 0.6 is 0 Å². The van der Waals surface area contributed by atoms with Crippen molar-refractivity contribution in [1.82, 2.24) is 24.8 Å². The van der Waals surface area contributed by atoms with Gasteiger partial charge in [0, 0.05) is 54.6 Å². The van der Waals surface area contributed by atoms with Gasteiger partial charge in [-0.2, -0.15) is 0 Å². The van der Waals surface area contributed by atoms with Crippen molar-refractivity contribution in [2.45, 2.75) is 25.3 Å². The standard InChI is InChI=1S/C26H26N6/c1-2-6-23(7-3-1)29-25-17-24(21-8-13-27-14-9-21)30-26(31-25)22-10-15-32(16-11-22)19-20-5-4-12-28-18-20/h1-9,12-14,17-18,22H,10-11,15-16,19H2,(H,29,30,31). The van der Waals surface area contributed by atoms with Gasteiger partial charge in [-0.3, -0.25) is 14.9 Å². The maximum Gasteiger partial charge on any atom is 0.134 e. The molecule has 0 atom stereocenters. The Balaban J connectivity index is 1.36. The van der Waals surface area contributed by atoms with Gasteiger partial charge in [0.2, 0.25) is 0 Å². The maximum absolute atomic E-state index is 4.97. The highest BCUT2D eigenvalue weighted by molar-refractivity contribution is 5.65. The second kappa shape index (κ2) is 9.66. The van der Waals surface area contributed by atoms with Crippen molar-refractivity contribution in [2.24, 2.45) is 0 Å². The second-order valence-corrected chi connectivity index (χ2v) is 8.14. The number of piperidine rings is 1. The Labute approximate surface area is 188 Å². The average Bonchev–Trinajstić information content (AvgIpc) is 2.86. The third-order valence-corrected chi connectivity index (χ3v) is 5.85. The zero-order valence-corrected chi connectivity index (χ0v) is 17.9. The molecule has 0 amide bonds. The molecule has 0 spiro atoms. The Bertz CT molecular complexity index is 1130.